The molecule has 25 heavy (non-hydrogen) atoms. The number of azide groups is 1. The van der Waals surface area contributed by atoms with Crippen molar-refractivity contribution in [3.8, 4) is 0 Å². The predicted molar refractivity (Wildman–Crippen MR) is 111 cm³/mol. The second-order valence-electron chi connectivity index (χ2n) is 4.91. The number of carbonyl (C=O) groups is 2. The number of ether oxygens (including phenoxy) is 2. The molecule has 0 heterocycles. The maximum atomic E-state index is 10.9. The molecular weight excluding hydrogens is 308 g/mol. The zero-order valence-electron chi connectivity index (χ0n) is 14.2. The lowest BCUT2D eigenvalue weighted by atomic mass is 8.53. The van der Waals surface area contributed by atoms with Crippen LogP contribution < -0.4 is 0 Å². The standard InChI is InChI=1S/C6H9N3O4.B12/c1-12-5(10)3-4(8-9-7)6(11)13-2;1-8(2)11(7)12(9(3)4)10(5)6/h4H,3H2,1-2H3;/t4-;/m0./s1. The van der Waals surface area contributed by atoms with E-state index in [9.17, 15) is 9.59 Å². The van der Waals surface area contributed by atoms with Gasteiger partial charge < -0.3 is 9.47 Å². The Hall–Kier alpha value is -0.971. The molecule has 0 N–H and O–H groups in total. The zero-order valence-corrected chi connectivity index (χ0v) is 14.2. The Morgan fingerprint density at radius 3 is 1.72 bits per heavy atom. The Labute approximate surface area is 159 Å². The maximum Gasteiger partial charge on any atom is 0.315 e. The molecule has 0 saturated heterocycles. The number of rotatable bonds is 8. The first-order valence-electron chi connectivity index (χ1n) is 7.01. The number of hydrogen-bond acceptors (Lipinski definition) is 5. The van der Waals surface area contributed by atoms with Crippen LogP contribution in [-0.4, -0.2) is 118 Å². The molecule has 0 aromatic rings. The summed E-state index contributed by atoms with van der Waals surface area (Å²) in [5, 5.41) is 3.09. The van der Waals surface area contributed by atoms with E-state index in [0.29, 0.717) is 0 Å². The minimum absolute atomic E-state index is 0.312. The summed E-state index contributed by atoms with van der Waals surface area (Å²) in [7, 11) is 40.2. The van der Waals surface area contributed by atoms with Crippen LogP contribution in [0.2, 0.25) is 0 Å². The average molecular weight is 317 g/mol. The van der Waals surface area contributed by atoms with Crippen molar-refractivity contribution in [2.75, 3.05) is 14.2 Å². The molecule has 0 spiro atoms. The molecule has 0 amide bonds. The quantitative estimate of drug-likeness (QED) is 0.149. The summed E-state index contributed by atoms with van der Waals surface area (Å²) in [6.45, 7) is 0. The van der Waals surface area contributed by atoms with E-state index in [1.807, 2.05) is 0 Å². The third-order valence-corrected chi connectivity index (χ3v) is 3.03. The first kappa shape index (κ1) is 26.3. The van der Waals surface area contributed by atoms with E-state index in [1.165, 1.54) is 7.11 Å². The van der Waals surface area contributed by atoms with Crippen molar-refractivity contribution in [2.45, 2.75) is 12.5 Å². The number of carbonyl (C=O) groups excluding carboxylic acids is 2. The fourth-order valence-corrected chi connectivity index (χ4v) is 1.64. The van der Waals surface area contributed by atoms with E-state index < -0.39 is 49.9 Å². The van der Waals surface area contributed by atoms with Crippen LogP contribution in [-0.2, 0) is 19.1 Å². The van der Waals surface area contributed by atoms with E-state index in [4.69, 9.17) is 59.7 Å². The fraction of sp³-hybridized carbons (Fsp3) is 0.667. The Morgan fingerprint density at radius 1 is 1.00 bits per heavy atom. The van der Waals surface area contributed by atoms with Gasteiger partial charge in [-0.3, -0.25) is 9.59 Å². The van der Waals surface area contributed by atoms with Crippen molar-refractivity contribution >= 4 is 98.0 Å². The smallest absolute Gasteiger partial charge is 0.315 e. The lowest BCUT2D eigenvalue weighted by Gasteiger charge is -2.29. The van der Waals surface area contributed by atoms with E-state index >= 15 is 0 Å². The van der Waals surface area contributed by atoms with Crippen LogP contribution in [0.1, 0.15) is 6.42 Å². The van der Waals surface area contributed by atoms with Crippen LogP contribution in [0.15, 0.2) is 5.11 Å². The van der Waals surface area contributed by atoms with E-state index in [-0.39, 0.29) is 6.42 Å². The highest BCUT2D eigenvalue weighted by Gasteiger charge is 2.30. The molecule has 19 heteroatoms. The summed E-state index contributed by atoms with van der Waals surface area (Å²) >= 11 is 0. The first-order chi connectivity index (χ1) is 11.5. The first-order valence-corrected chi connectivity index (χ1v) is 7.01. The molecule has 0 aromatic carbocycles. The topological polar surface area (TPSA) is 101 Å². The Balaban J connectivity index is 0. The molecule has 7 nitrogen and oxygen atoms in total. The lowest BCUT2D eigenvalue weighted by molar-refractivity contribution is -0.148. The van der Waals surface area contributed by atoms with Gasteiger partial charge in [-0.25, -0.2) is 0 Å². The van der Waals surface area contributed by atoms with Gasteiger partial charge in [-0.2, -0.15) is 0 Å². The van der Waals surface area contributed by atoms with Crippen molar-refractivity contribution in [2.24, 2.45) is 5.11 Å². The molecule has 0 aromatic heterocycles. The largest absolute Gasteiger partial charge is 0.469 e. The van der Waals surface area contributed by atoms with Crippen LogP contribution in [0, 0.1) is 0 Å². The van der Waals surface area contributed by atoms with E-state index in [2.05, 4.69) is 19.5 Å². The SMILES string of the molecule is COC(=O)C[C@H](N=[N+]=[N-])C(=O)OC.[B]B([B])B([B])B(B([B])[B])B([B])[B]. The van der Waals surface area contributed by atoms with Gasteiger partial charge in [-0.05, 0) is 5.53 Å². The molecule has 0 aliphatic rings. The molecule has 0 rings (SSSR count). The molecule has 108 valence electrons. The Kier molecular flexibility index (Phi) is 14.9. The fourth-order valence-electron chi connectivity index (χ4n) is 1.64. The molecule has 0 fully saturated rings. The van der Waals surface area contributed by atoms with Crippen LogP contribution in [0.3, 0.4) is 0 Å². The number of hydrogen-bond donors (Lipinski definition) is 0. The maximum absolute atomic E-state index is 10.9. The molecule has 1 atom stereocenters. The van der Waals surface area contributed by atoms with Gasteiger partial charge in [0.2, 0.25) is 0 Å². The third-order valence-electron chi connectivity index (χ3n) is 3.03. The van der Waals surface area contributed by atoms with Crippen molar-refractivity contribution in [1.82, 2.24) is 0 Å². The number of methoxy groups -OCH3 is 2. The highest BCUT2D eigenvalue weighted by Crippen LogP contribution is 2.02. The monoisotopic (exact) mass is 319 g/mol. The van der Waals surface area contributed by atoms with Crippen molar-refractivity contribution in [3.05, 3.63) is 10.4 Å². The van der Waals surface area contributed by atoms with Crippen LogP contribution >= 0.6 is 0 Å². The number of nitrogens with zero attached hydrogens (tertiary/aromatic N) is 3. The summed E-state index contributed by atoms with van der Waals surface area (Å²) in [6.07, 6.45) is -3.54. The van der Waals surface area contributed by atoms with Gasteiger partial charge in [0.25, 0.3) is 0 Å². The molecule has 0 saturated carbocycles. The van der Waals surface area contributed by atoms with Gasteiger partial charge in [0, 0.05) is 91.0 Å². The van der Waals surface area contributed by atoms with Crippen LogP contribution in [0.25, 0.3) is 10.4 Å². The highest BCUT2D eigenvalue weighted by atomic mass is 16.5. The second-order valence-corrected chi connectivity index (χ2v) is 4.91. The predicted octanol–water partition coefficient (Wildman–Crippen LogP) is -4.17. The van der Waals surface area contributed by atoms with Gasteiger partial charge in [0.05, 0.1) is 20.6 Å². The third kappa shape index (κ3) is 11.3. The Morgan fingerprint density at radius 2 is 1.48 bits per heavy atom. The summed E-state index contributed by atoms with van der Waals surface area (Å²) < 4.78 is 8.59. The summed E-state index contributed by atoms with van der Waals surface area (Å²) in [4.78, 5) is 24.0. The number of esters is 2. The van der Waals surface area contributed by atoms with Crippen LogP contribution in [0.5, 0.6) is 0 Å². The summed E-state index contributed by atoms with van der Waals surface area (Å²) in [5.74, 6) is -1.40. The normalized spacial score (nSPS) is 9.84. The van der Waals surface area contributed by atoms with E-state index in [0.717, 1.165) is 7.11 Å². The molecule has 0 unspecified atom stereocenters. The van der Waals surface area contributed by atoms with Gasteiger partial charge in [-0.1, -0.05) is 5.11 Å². The summed E-state index contributed by atoms with van der Waals surface area (Å²) in [5.41, 5.74) is 8.07. The summed E-state index contributed by atoms with van der Waals surface area (Å²) in [6, 6.07) is -1.15. The lowest BCUT2D eigenvalue weighted by Crippen LogP contribution is -2.67. The molecule has 0 aliphatic heterocycles. The molecular formula is C6H9B12N3O4. The van der Waals surface area contributed by atoms with Gasteiger partial charge in [-0.15, -0.1) is 0 Å². The van der Waals surface area contributed by atoms with Gasteiger partial charge >= 0.3 is 11.9 Å². The molecule has 0 aliphatic carbocycles. The van der Waals surface area contributed by atoms with Crippen molar-refractivity contribution in [3.63, 3.8) is 0 Å². The highest BCUT2D eigenvalue weighted by molar-refractivity contribution is 8.05. The minimum atomic E-state index is -1.15. The average Bonchev–Trinajstić information content (AvgIpc) is 2.53. The second kappa shape index (κ2) is 14.2. The van der Waals surface area contributed by atoms with Crippen molar-refractivity contribution in [1.29, 1.82) is 0 Å². The molecule has 0 bridgehead atoms. The molecule has 14 radical (unpaired) electrons. The minimum Gasteiger partial charge on any atom is -0.469 e. The Bertz CT molecular complexity index is 452. The van der Waals surface area contributed by atoms with E-state index in [1.54, 1.807) is 0 Å². The zero-order chi connectivity index (χ0) is 20.2. The van der Waals surface area contributed by atoms with Crippen LogP contribution in [0.4, 0.5) is 0 Å². The van der Waals surface area contributed by atoms with Crippen molar-refractivity contribution < 1.29 is 19.1 Å². The van der Waals surface area contributed by atoms with Gasteiger partial charge in [0.1, 0.15) is 6.04 Å². The van der Waals surface area contributed by atoms with Gasteiger partial charge in [0.15, 0.2) is 0 Å².